The lowest BCUT2D eigenvalue weighted by atomic mass is 10.0. The molecule has 0 atom stereocenters. The Morgan fingerprint density at radius 1 is 1.60 bits per heavy atom. The van der Waals surface area contributed by atoms with Gasteiger partial charge in [0.2, 0.25) is 0 Å². The fourth-order valence-electron chi connectivity index (χ4n) is 1.22. The minimum atomic E-state index is -1.41. The molecule has 0 heterocycles. The van der Waals surface area contributed by atoms with Crippen LogP contribution < -0.4 is 0 Å². The van der Waals surface area contributed by atoms with Crippen molar-refractivity contribution in [3.8, 4) is 6.07 Å². The summed E-state index contributed by atoms with van der Waals surface area (Å²) in [7, 11) is 0. The number of carbonyl (C=O) groups is 1. The highest BCUT2D eigenvalue weighted by Crippen LogP contribution is 2.24. The van der Waals surface area contributed by atoms with Crippen LogP contribution >= 0.6 is 0 Å². The lowest BCUT2D eigenvalue weighted by Crippen LogP contribution is -2.05. The maximum Gasteiger partial charge on any atom is 0.342 e. The maximum atomic E-state index is 10.7. The molecule has 0 saturated heterocycles. The molecule has 0 aliphatic carbocycles. The van der Waals surface area contributed by atoms with Crippen LogP contribution in [0.2, 0.25) is 0 Å². The van der Waals surface area contributed by atoms with Crippen LogP contribution in [-0.2, 0) is 0 Å². The number of nitro groups is 1. The Morgan fingerprint density at radius 3 is 2.60 bits per heavy atom. The zero-order chi connectivity index (χ0) is 11.6. The van der Waals surface area contributed by atoms with E-state index in [4.69, 9.17) is 10.4 Å². The number of carboxylic acids is 1. The number of benzene rings is 1. The van der Waals surface area contributed by atoms with E-state index < -0.39 is 22.1 Å². The van der Waals surface area contributed by atoms with Gasteiger partial charge in [-0.2, -0.15) is 5.26 Å². The number of aryl methyl sites for hydroxylation is 1. The van der Waals surface area contributed by atoms with Crippen LogP contribution in [0.15, 0.2) is 12.1 Å². The van der Waals surface area contributed by atoms with Crippen LogP contribution in [-0.4, -0.2) is 16.0 Å². The van der Waals surface area contributed by atoms with Crippen molar-refractivity contribution in [1.29, 1.82) is 5.26 Å². The van der Waals surface area contributed by atoms with Crippen LogP contribution in [0.1, 0.15) is 21.5 Å². The summed E-state index contributed by atoms with van der Waals surface area (Å²) in [6.07, 6.45) is 0. The summed E-state index contributed by atoms with van der Waals surface area (Å²) in [5.74, 6) is -1.41. The molecule has 0 aromatic heterocycles. The number of carboxylic acid groups (broad SMARTS) is 1. The first-order valence-corrected chi connectivity index (χ1v) is 3.89. The molecule has 0 saturated carbocycles. The van der Waals surface area contributed by atoms with Gasteiger partial charge in [0.05, 0.1) is 4.92 Å². The van der Waals surface area contributed by atoms with Gasteiger partial charge in [-0.1, -0.05) is 0 Å². The largest absolute Gasteiger partial charge is 0.477 e. The molecule has 15 heavy (non-hydrogen) atoms. The highest BCUT2D eigenvalue weighted by Gasteiger charge is 2.24. The summed E-state index contributed by atoms with van der Waals surface area (Å²) in [5.41, 5.74) is -0.862. The molecule has 0 aliphatic rings. The summed E-state index contributed by atoms with van der Waals surface area (Å²) in [4.78, 5) is 20.5. The van der Waals surface area contributed by atoms with Gasteiger partial charge in [-0.15, -0.1) is 0 Å². The van der Waals surface area contributed by atoms with Gasteiger partial charge >= 0.3 is 11.7 Å². The summed E-state index contributed by atoms with van der Waals surface area (Å²) in [5, 5.41) is 28.0. The molecular weight excluding hydrogens is 200 g/mol. The molecule has 0 fully saturated rings. The van der Waals surface area contributed by atoms with Gasteiger partial charge in [-0.05, 0) is 24.6 Å². The van der Waals surface area contributed by atoms with Gasteiger partial charge in [-0.25, -0.2) is 4.79 Å². The van der Waals surface area contributed by atoms with E-state index in [0.717, 1.165) is 0 Å². The molecule has 0 amide bonds. The minimum absolute atomic E-state index is 0.239. The van der Waals surface area contributed by atoms with E-state index in [1.165, 1.54) is 12.1 Å². The number of hydrogen-bond donors (Lipinski definition) is 1. The fraction of sp³-hybridized carbons (Fsp3) is 0.111. The molecule has 0 unspecified atom stereocenters. The summed E-state index contributed by atoms with van der Waals surface area (Å²) in [6.45, 7) is 1.57. The Labute approximate surface area is 84.5 Å². The van der Waals surface area contributed by atoms with Crippen molar-refractivity contribution in [1.82, 2.24) is 0 Å². The number of rotatable bonds is 2. The third kappa shape index (κ3) is 1.91. The van der Waals surface area contributed by atoms with E-state index in [0.29, 0.717) is 5.56 Å². The van der Waals surface area contributed by atoms with Crippen LogP contribution in [0.4, 0.5) is 5.69 Å². The number of nitrogens with zero attached hydrogens (tertiary/aromatic N) is 2. The molecule has 0 aliphatic heterocycles. The van der Waals surface area contributed by atoms with E-state index in [2.05, 4.69) is 0 Å². The summed E-state index contributed by atoms with van der Waals surface area (Å²) in [6, 6.07) is 4.06. The summed E-state index contributed by atoms with van der Waals surface area (Å²) >= 11 is 0. The van der Waals surface area contributed by atoms with Crippen molar-refractivity contribution >= 4 is 11.7 Å². The molecule has 76 valence electrons. The second-order valence-electron chi connectivity index (χ2n) is 2.88. The standard InChI is InChI=1S/C9H6N2O4/c1-5-2-6(4-10)8(11(14)15)7(3-5)9(12)13/h2-3H,1H3,(H,12,13). The minimum Gasteiger partial charge on any atom is -0.477 e. The first kappa shape index (κ1) is 10.7. The van der Waals surface area contributed by atoms with Crippen molar-refractivity contribution in [2.24, 2.45) is 0 Å². The molecule has 6 heteroatoms. The average molecular weight is 206 g/mol. The molecule has 1 aromatic rings. The lowest BCUT2D eigenvalue weighted by molar-refractivity contribution is -0.385. The van der Waals surface area contributed by atoms with Gasteiger partial charge in [0.15, 0.2) is 0 Å². The summed E-state index contributed by atoms with van der Waals surface area (Å²) < 4.78 is 0. The smallest absolute Gasteiger partial charge is 0.342 e. The fourth-order valence-corrected chi connectivity index (χ4v) is 1.22. The first-order valence-electron chi connectivity index (χ1n) is 3.89. The zero-order valence-corrected chi connectivity index (χ0v) is 7.72. The SMILES string of the molecule is Cc1cc(C#N)c([N+](=O)[O-])c(C(=O)O)c1. The molecule has 0 bridgehead atoms. The molecule has 0 radical (unpaired) electrons. The Balaban J connectivity index is 3.64. The van der Waals surface area contributed by atoms with Gasteiger partial charge < -0.3 is 5.11 Å². The highest BCUT2D eigenvalue weighted by molar-refractivity contribution is 5.93. The van der Waals surface area contributed by atoms with Crippen molar-refractivity contribution in [3.63, 3.8) is 0 Å². The van der Waals surface area contributed by atoms with Crippen molar-refractivity contribution in [2.45, 2.75) is 6.92 Å². The molecule has 0 spiro atoms. The van der Waals surface area contributed by atoms with Crippen LogP contribution in [0, 0.1) is 28.4 Å². The zero-order valence-electron chi connectivity index (χ0n) is 7.72. The Bertz CT molecular complexity index is 488. The molecule has 6 nitrogen and oxygen atoms in total. The third-order valence-corrected chi connectivity index (χ3v) is 1.79. The van der Waals surface area contributed by atoms with Crippen LogP contribution in [0.25, 0.3) is 0 Å². The van der Waals surface area contributed by atoms with Crippen LogP contribution in [0.3, 0.4) is 0 Å². The Morgan fingerprint density at radius 2 is 2.20 bits per heavy atom. The molecular formula is C9H6N2O4. The number of nitro benzene ring substituents is 1. The predicted octanol–water partition coefficient (Wildman–Crippen LogP) is 1.47. The maximum absolute atomic E-state index is 10.7. The monoisotopic (exact) mass is 206 g/mol. The highest BCUT2D eigenvalue weighted by atomic mass is 16.6. The topological polar surface area (TPSA) is 104 Å². The number of aromatic carboxylic acids is 1. The Hall–Kier alpha value is -2.42. The van der Waals surface area contributed by atoms with E-state index in [-0.39, 0.29) is 5.56 Å². The normalized spacial score (nSPS) is 9.33. The van der Waals surface area contributed by atoms with Gasteiger partial charge in [0, 0.05) is 0 Å². The third-order valence-electron chi connectivity index (χ3n) is 1.79. The second-order valence-corrected chi connectivity index (χ2v) is 2.88. The quantitative estimate of drug-likeness (QED) is 0.582. The molecule has 1 N–H and O–H groups in total. The van der Waals surface area contributed by atoms with E-state index in [1.807, 2.05) is 0 Å². The lowest BCUT2D eigenvalue weighted by Gasteiger charge is -2.01. The van der Waals surface area contributed by atoms with E-state index in [9.17, 15) is 14.9 Å². The number of hydrogen-bond acceptors (Lipinski definition) is 4. The predicted molar refractivity (Wildman–Crippen MR) is 49.5 cm³/mol. The van der Waals surface area contributed by atoms with E-state index >= 15 is 0 Å². The van der Waals surface area contributed by atoms with Crippen molar-refractivity contribution < 1.29 is 14.8 Å². The Kier molecular flexibility index (Phi) is 2.67. The average Bonchev–Trinajstić information content (AvgIpc) is 2.15. The van der Waals surface area contributed by atoms with Crippen molar-refractivity contribution in [2.75, 3.05) is 0 Å². The molecule has 1 rings (SSSR count). The second kappa shape index (κ2) is 3.75. The van der Waals surface area contributed by atoms with Gasteiger partial charge in [0.1, 0.15) is 17.2 Å². The molecule has 1 aromatic carbocycles. The van der Waals surface area contributed by atoms with Gasteiger partial charge in [-0.3, -0.25) is 10.1 Å². The van der Waals surface area contributed by atoms with Crippen LogP contribution in [0.5, 0.6) is 0 Å². The van der Waals surface area contributed by atoms with E-state index in [1.54, 1.807) is 13.0 Å². The van der Waals surface area contributed by atoms with Crippen molar-refractivity contribution in [3.05, 3.63) is 38.9 Å². The first-order chi connectivity index (χ1) is 6.97. The number of nitriles is 1. The van der Waals surface area contributed by atoms with Gasteiger partial charge in [0.25, 0.3) is 0 Å².